The lowest BCUT2D eigenvalue weighted by molar-refractivity contribution is -0.147. The summed E-state index contributed by atoms with van der Waals surface area (Å²) in [6.45, 7) is 7.03. The molecular weight excluding hydrogens is 452 g/mol. The summed E-state index contributed by atoms with van der Waals surface area (Å²) in [6, 6.07) is 13.5. The van der Waals surface area contributed by atoms with Gasteiger partial charge < -0.3 is 30.0 Å². The maximum Gasteiger partial charge on any atom is 0.408 e. The quantitative estimate of drug-likeness (QED) is 0.417. The molecule has 2 rings (SSSR count). The van der Waals surface area contributed by atoms with Gasteiger partial charge in [-0.15, -0.1) is 0 Å². The van der Waals surface area contributed by atoms with Crippen molar-refractivity contribution >= 4 is 18.0 Å². The van der Waals surface area contributed by atoms with Crippen LogP contribution in [0.4, 0.5) is 4.79 Å². The zero-order chi connectivity index (χ0) is 25.8. The maximum absolute atomic E-state index is 13.1. The zero-order valence-electron chi connectivity index (χ0n) is 20.6. The topological polar surface area (TPSA) is 123 Å². The average molecular weight is 487 g/mol. The van der Waals surface area contributed by atoms with Crippen LogP contribution >= 0.6 is 0 Å². The lowest BCUT2D eigenvalue weighted by Gasteiger charge is -2.25. The minimum atomic E-state index is -1.12. The third-order valence-electron chi connectivity index (χ3n) is 4.67. The van der Waals surface area contributed by atoms with E-state index in [4.69, 9.17) is 14.2 Å². The molecule has 2 aromatic carbocycles. The molecule has 9 nitrogen and oxygen atoms in total. The molecule has 0 unspecified atom stereocenters. The molecule has 190 valence electrons. The van der Waals surface area contributed by atoms with E-state index < -0.39 is 35.7 Å². The van der Waals surface area contributed by atoms with Crippen LogP contribution in [-0.4, -0.2) is 54.0 Å². The molecule has 3 N–H and O–H groups in total. The molecule has 0 fully saturated rings. The molecule has 0 aliphatic heterocycles. The number of alkyl carbamates (subject to hydrolysis) is 1. The van der Waals surface area contributed by atoms with Gasteiger partial charge in [0.25, 0.3) is 0 Å². The zero-order valence-corrected chi connectivity index (χ0v) is 20.6. The lowest BCUT2D eigenvalue weighted by atomic mass is 10.1. The number of aromatic hydroxyl groups is 1. The van der Waals surface area contributed by atoms with E-state index in [0.29, 0.717) is 5.56 Å². The molecule has 0 aliphatic rings. The molecule has 2 atom stereocenters. The van der Waals surface area contributed by atoms with Crippen molar-refractivity contribution in [3.8, 4) is 5.75 Å². The number of benzene rings is 2. The van der Waals surface area contributed by atoms with Crippen LogP contribution in [-0.2, 0) is 36.8 Å². The van der Waals surface area contributed by atoms with Gasteiger partial charge in [0, 0.05) is 6.42 Å². The number of phenols is 1. The summed E-state index contributed by atoms with van der Waals surface area (Å²) in [5.74, 6) is -1.15. The van der Waals surface area contributed by atoms with Crippen molar-refractivity contribution in [3.63, 3.8) is 0 Å². The first-order valence-electron chi connectivity index (χ1n) is 11.4. The standard InChI is InChI=1S/C26H34N2O7/c1-5-34-24(31)21(15-18-11-13-20(29)14-12-18)27-23(30)22(28-25(32)35-26(2,3)4)17-33-16-19-9-7-6-8-10-19/h6-14,21-22,29H,5,15-17H2,1-4H3,(H,27,30)(H,28,32)/t21-,22+/m0/s1. The summed E-state index contributed by atoms with van der Waals surface area (Å²) >= 11 is 0. The van der Waals surface area contributed by atoms with Crippen LogP contribution in [0.1, 0.15) is 38.8 Å². The molecule has 0 saturated heterocycles. The third-order valence-corrected chi connectivity index (χ3v) is 4.67. The van der Waals surface area contributed by atoms with Crippen LogP contribution in [0, 0.1) is 0 Å². The van der Waals surface area contributed by atoms with Gasteiger partial charge >= 0.3 is 12.1 Å². The molecule has 0 spiro atoms. The predicted octanol–water partition coefficient (Wildman–Crippen LogP) is 3.09. The monoisotopic (exact) mass is 486 g/mol. The highest BCUT2D eigenvalue weighted by molar-refractivity contribution is 5.90. The number of hydrogen-bond acceptors (Lipinski definition) is 7. The fourth-order valence-corrected chi connectivity index (χ4v) is 3.08. The van der Waals surface area contributed by atoms with E-state index in [-0.39, 0.29) is 32.0 Å². The Bertz CT molecular complexity index is 956. The highest BCUT2D eigenvalue weighted by Crippen LogP contribution is 2.13. The van der Waals surface area contributed by atoms with Gasteiger partial charge in [0.2, 0.25) is 5.91 Å². The van der Waals surface area contributed by atoms with Crippen molar-refractivity contribution in [3.05, 3.63) is 65.7 Å². The summed E-state index contributed by atoms with van der Waals surface area (Å²) in [4.78, 5) is 38.1. The van der Waals surface area contributed by atoms with Gasteiger partial charge in [0.05, 0.1) is 19.8 Å². The minimum Gasteiger partial charge on any atom is -0.508 e. The molecule has 0 aliphatic carbocycles. The van der Waals surface area contributed by atoms with Gasteiger partial charge in [-0.3, -0.25) is 4.79 Å². The fourth-order valence-electron chi connectivity index (χ4n) is 3.08. The van der Waals surface area contributed by atoms with E-state index in [1.54, 1.807) is 39.8 Å². The molecule has 0 saturated carbocycles. The van der Waals surface area contributed by atoms with Gasteiger partial charge in [0.15, 0.2) is 0 Å². The number of carbonyl (C=O) groups is 3. The van der Waals surface area contributed by atoms with E-state index in [0.717, 1.165) is 5.56 Å². The Morgan fingerprint density at radius 3 is 2.17 bits per heavy atom. The second-order valence-electron chi connectivity index (χ2n) is 8.88. The van der Waals surface area contributed by atoms with Crippen molar-refractivity contribution in [2.24, 2.45) is 0 Å². The lowest BCUT2D eigenvalue weighted by Crippen LogP contribution is -2.54. The van der Waals surface area contributed by atoms with Crippen molar-refractivity contribution < 1.29 is 33.7 Å². The Morgan fingerprint density at radius 1 is 0.914 bits per heavy atom. The molecule has 9 heteroatoms. The minimum absolute atomic E-state index is 0.0858. The number of carbonyl (C=O) groups excluding carboxylic acids is 3. The highest BCUT2D eigenvalue weighted by Gasteiger charge is 2.29. The summed E-state index contributed by atoms with van der Waals surface area (Å²) in [7, 11) is 0. The van der Waals surface area contributed by atoms with E-state index in [1.807, 2.05) is 30.3 Å². The summed E-state index contributed by atoms with van der Waals surface area (Å²) < 4.78 is 16.1. The number of ether oxygens (including phenoxy) is 3. The predicted molar refractivity (Wildman–Crippen MR) is 130 cm³/mol. The molecule has 0 aromatic heterocycles. The third kappa shape index (κ3) is 10.5. The van der Waals surface area contributed by atoms with Gasteiger partial charge in [-0.2, -0.15) is 0 Å². The van der Waals surface area contributed by atoms with E-state index >= 15 is 0 Å². The summed E-state index contributed by atoms with van der Waals surface area (Å²) in [5.41, 5.74) is 0.848. The van der Waals surface area contributed by atoms with Gasteiger partial charge in [-0.1, -0.05) is 42.5 Å². The number of nitrogens with one attached hydrogen (secondary N) is 2. The van der Waals surface area contributed by atoms with Crippen LogP contribution < -0.4 is 10.6 Å². The molecular formula is C26H34N2O7. The number of hydrogen-bond donors (Lipinski definition) is 3. The summed E-state index contributed by atoms with van der Waals surface area (Å²) in [6.07, 6.45) is -0.651. The molecule has 0 bridgehead atoms. The fraction of sp³-hybridized carbons (Fsp3) is 0.423. The second-order valence-corrected chi connectivity index (χ2v) is 8.88. The Hall–Kier alpha value is -3.59. The van der Waals surface area contributed by atoms with Gasteiger partial charge in [-0.25, -0.2) is 9.59 Å². The Morgan fingerprint density at radius 2 is 1.57 bits per heavy atom. The molecule has 2 amide bonds. The number of phenolic OH excluding ortho intramolecular Hbond substituents is 1. The Labute approximate surface area is 205 Å². The number of amides is 2. The van der Waals surface area contributed by atoms with Gasteiger partial charge in [-0.05, 0) is 51.0 Å². The highest BCUT2D eigenvalue weighted by atomic mass is 16.6. The van der Waals surface area contributed by atoms with Crippen molar-refractivity contribution in [1.29, 1.82) is 0 Å². The van der Waals surface area contributed by atoms with Crippen LogP contribution in [0.3, 0.4) is 0 Å². The van der Waals surface area contributed by atoms with Crippen molar-refractivity contribution in [2.75, 3.05) is 13.2 Å². The van der Waals surface area contributed by atoms with E-state index in [2.05, 4.69) is 10.6 Å². The smallest absolute Gasteiger partial charge is 0.408 e. The van der Waals surface area contributed by atoms with E-state index in [1.165, 1.54) is 12.1 Å². The van der Waals surface area contributed by atoms with Crippen LogP contribution in [0.5, 0.6) is 5.75 Å². The van der Waals surface area contributed by atoms with Crippen LogP contribution in [0.15, 0.2) is 54.6 Å². The van der Waals surface area contributed by atoms with Crippen LogP contribution in [0.2, 0.25) is 0 Å². The number of esters is 1. The van der Waals surface area contributed by atoms with Crippen molar-refractivity contribution in [1.82, 2.24) is 10.6 Å². The second kappa shape index (κ2) is 13.3. The first-order valence-corrected chi connectivity index (χ1v) is 11.4. The first-order chi connectivity index (χ1) is 16.6. The first kappa shape index (κ1) is 27.7. The Kier molecular flexibility index (Phi) is 10.5. The average Bonchev–Trinajstić information content (AvgIpc) is 2.79. The van der Waals surface area contributed by atoms with Crippen molar-refractivity contribution in [2.45, 2.75) is 58.4 Å². The Balaban J connectivity index is 2.13. The molecule has 2 aromatic rings. The normalized spacial score (nSPS) is 12.8. The van der Waals surface area contributed by atoms with Gasteiger partial charge in [0.1, 0.15) is 23.4 Å². The molecule has 0 radical (unpaired) electrons. The van der Waals surface area contributed by atoms with E-state index in [9.17, 15) is 19.5 Å². The van der Waals surface area contributed by atoms with Crippen LogP contribution in [0.25, 0.3) is 0 Å². The molecule has 35 heavy (non-hydrogen) atoms. The maximum atomic E-state index is 13.1. The molecule has 0 heterocycles. The number of rotatable bonds is 11. The SMILES string of the molecule is CCOC(=O)[C@H](Cc1ccc(O)cc1)NC(=O)[C@@H](COCc1ccccc1)NC(=O)OC(C)(C)C. The largest absolute Gasteiger partial charge is 0.508 e. The summed E-state index contributed by atoms with van der Waals surface area (Å²) in [5, 5.41) is 14.7.